The van der Waals surface area contributed by atoms with Crippen LogP contribution in [0.5, 0.6) is 0 Å². The van der Waals surface area contributed by atoms with Crippen LogP contribution in [0.1, 0.15) is 55.3 Å². The van der Waals surface area contributed by atoms with Crippen molar-refractivity contribution in [1.29, 1.82) is 0 Å². The maximum Gasteiger partial charge on any atom is 0.254 e. The number of para-hydroxylation sites is 3. The number of benzene rings is 2. The van der Waals surface area contributed by atoms with Crippen LogP contribution in [-0.4, -0.2) is 33.7 Å². The molecule has 0 spiro atoms. The molecule has 2 heterocycles. The summed E-state index contributed by atoms with van der Waals surface area (Å²) in [5.74, 6) is 0.0234. The Kier molecular flexibility index (Phi) is 6.20. The van der Waals surface area contributed by atoms with Gasteiger partial charge in [0.2, 0.25) is 11.8 Å². The topological polar surface area (TPSA) is 116 Å². The van der Waals surface area contributed by atoms with Crippen molar-refractivity contribution in [3.05, 3.63) is 59.9 Å². The minimum atomic E-state index is -0.783. The lowest BCUT2D eigenvalue weighted by Gasteiger charge is -2.23. The summed E-state index contributed by atoms with van der Waals surface area (Å²) < 4.78 is 0. The zero-order valence-corrected chi connectivity index (χ0v) is 18.1. The van der Waals surface area contributed by atoms with Gasteiger partial charge in [-0.05, 0) is 36.6 Å². The first kappa shape index (κ1) is 21.5. The summed E-state index contributed by atoms with van der Waals surface area (Å²) in [5, 5.41) is 8.56. The van der Waals surface area contributed by atoms with E-state index in [2.05, 4.69) is 39.8 Å². The highest BCUT2D eigenvalue weighted by Crippen LogP contribution is 2.25. The summed E-state index contributed by atoms with van der Waals surface area (Å²) >= 11 is 0. The van der Waals surface area contributed by atoms with Gasteiger partial charge in [-0.2, -0.15) is 0 Å². The summed E-state index contributed by atoms with van der Waals surface area (Å²) in [4.78, 5) is 45.8. The number of nitrogens with zero attached hydrogens (tertiary/aromatic N) is 1. The molecule has 3 atom stereocenters. The van der Waals surface area contributed by atoms with Crippen LogP contribution in [0.15, 0.2) is 48.5 Å². The average Bonchev–Trinajstić information content (AvgIpc) is 3.18. The van der Waals surface area contributed by atoms with E-state index < -0.39 is 6.04 Å². The molecule has 0 saturated carbocycles. The molecule has 3 amide bonds. The first-order valence-corrected chi connectivity index (χ1v) is 10.9. The standard InChI is InChI=1S/C24H27N5O3/c1-3-14(2)21(22-25-17-10-6-7-11-18(17)26-22)29-20(30)13-12-19-24(32)27-16-9-5-4-8-15(16)23(31)28-19/h4-11,14,19,21H,3,12-13H2,1-2H3,(H,25,26)(H,27,32)(H,28,31)(H,29,30). The largest absolute Gasteiger partial charge is 0.346 e. The highest BCUT2D eigenvalue weighted by Gasteiger charge is 2.29. The Morgan fingerprint density at radius 1 is 1.12 bits per heavy atom. The molecule has 3 aromatic rings. The molecule has 0 fully saturated rings. The molecule has 0 bridgehead atoms. The Balaban J connectivity index is 1.42. The van der Waals surface area contributed by atoms with Crippen LogP contribution in [-0.2, 0) is 9.59 Å². The maximum absolute atomic E-state index is 12.8. The van der Waals surface area contributed by atoms with E-state index in [4.69, 9.17) is 0 Å². The third-order valence-corrected chi connectivity index (χ3v) is 5.94. The van der Waals surface area contributed by atoms with Crippen LogP contribution in [0.2, 0.25) is 0 Å². The molecule has 1 aromatic heterocycles. The monoisotopic (exact) mass is 433 g/mol. The van der Waals surface area contributed by atoms with E-state index in [0.717, 1.165) is 17.5 Å². The van der Waals surface area contributed by atoms with Crippen LogP contribution < -0.4 is 16.0 Å². The van der Waals surface area contributed by atoms with Gasteiger partial charge >= 0.3 is 0 Å². The van der Waals surface area contributed by atoms with Crippen molar-refractivity contribution in [3.8, 4) is 0 Å². The molecular formula is C24H27N5O3. The van der Waals surface area contributed by atoms with Gasteiger partial charge in [-0.15, -0.1) is 0 Å². The number of amides is 3. The number of hydrogen-bond acceptors (Lipinski definition) is 4. The number of aromatic amines is 1. The quantitative estimate of drug-likeness (QED) is 0.457. The fraction of sp³-hybridized carbons (Fsp3) is 0.333. The molecule has 1 aliphatic rings. The number of carbonyl (C=O) groups excluding carboxylic acids is 3. The lowest BCUT2D eigenvalue weighted by atomic mass is 9.98. The molecule has 4 rings (SSSR count). The van der Waals surface area contributed by atoms with Gasteiger partial charge in [0.1, 0.15) is 11.9 Å². The number of rotatable bonds is 7. The smallest absolute Gasteiger partial charge is 0.254 e. The number of hydrogen-bond donors (Lipinski definition) is 4. The third-order valence-electron chi connectivity index (χ3n) is 5.94. The van der Waals surface area contributed by atoms with Crippen molar-refractivity contribution in [1.82, 2.24) is 20.6 Å². The number of imidazole rings is 1. The van der Waals surface area contributed by atoms with Crippen molar-refractivity contribution >= 4 is 34.4 Å². The highest BCUT2D eigenvalue weighted by atomic mass is 16.2. The minimum absolute atomic E-state index is 0.0991. The third kappa shape index (κ3) is 4.49. The maximum atomic E-state index is 12.8. The molecule has 166 valence electrons. The van der Waals surface area contributed by atoms with Crippen LogP contribution in [0.3, 0.4) is 0 Å². The molecule has 0 radical (unpaired) electrons. The van der Waals surface area contributed by atoms with Crippen molar-refractivity contribution < 1.29 is 14.4 Å². The van der Waals surface area contributed by atoms with Crippen molar-refractivity contribution in [2.45, 2.75) is 45.2 Å². The van der Waals surface area contributed by atoms with Crippen LogP contribution >= 0.6 is 0 Å². The molecule has 8 nitrogen and oxygen atoms in total. The lowest BCUT2D eigenvalue weighted by Crippen LogP contribution is -2.42. The predicted molar refractivity (Wildman–Crippen MR) is 122 cm³/mol. The summed E-state index contributed by atoms with van der Waals surface area (Å²) in [6.07, 6.45) is 1.16. The van der Waals surface area contributed by atoms with Gasteiger partial charge in [0.05, 0.1) is 28.3 Å². The first-order valence-electron chi connectivity index (χ1n) is 10.9. The van der Waals surface area contributed by atoms with Gasteiger partial charge in [0.25, 0.3) is 5.91 Å². The molecule has 8 heteroatoms. The first-order chi connectivity index (χ1) is 15.5. The van der Waals surface area contributed by atoms with E-state index in [1.165, 1.54) is 0 Å². The van der Waals surface area contributed by atoms with E-state index in [9.17, 15) is 14.4 Å². The number of aromatic nitrogens is 2. The molecule has 2 aromatic carbocycles. The van der Waals surface area contributed by atoms with Gasteiger partial charge < -0.3 is 20.9 Å². The van der Waals surface area contributed by atoms with Gasteiger partial charge in [0, 0.05) is 6.42 Å². The average molecular weight is 434 g/mol. The van der Waals surface area contributed by atoms with Crippen LogP contribution in [0, 0.1) is 5.92 Å². The highest BCUT2D eigenvalue weighted by molar-refractivity contribution is 6.09. The van der Waals surface area contributed by atoms with E-state index >= 15 is 0 Å². The molecule has 3 unspecified atom stereocenters. The Labute approximate surface area is 186 Å². The summed E-state index contributed by atoms with van der Waals surface area (Å²) in [6.45, 7) is 4.13. The second kappa shape index (κ2) is 9.21. The second-order valence-corrected chi connectivity index (χ2v) is 8.17. The summed E-state index contributed by atoms with van der Waals surface area (Å²) in [7, 11) is 0. The Bertz CT molecular complexity index is 1120. The normalized spacial score (nSPS) is 17.6. The molecule has 0 saturated heterocycles. The van der Waals surface area contributed by atoms with Gasteiger partial charge in [-0.1, -0.05) is 44.5 Å². The van der Waals surface area contributed by atoms with E-state index in [-0.39, 0.29) is 42.5 Å². The number of anilines is 1. The predicted octanol–water partition coefficient (Wildman–Crippen LogP) is 3.30. The fourth-order valence-electron chi connectivity index (χ4n) is 3.87. The SMILES string of the molecule is CCC(C)C(NC(=O)CCC1NC(=O)c2ccccc2NC1=O)c1nc2ccccc2[nH]1. The van der Waals surface area contributed by atoms with Gasteiger partial charge in [-0.3, -0.25) is 14.4 Å². The van der Waals surface area contributed by atoms with Crippen molar-refractivity contribution in [2.24, 2.45) is 5.92 Å². The van der Waals surface area contributed by atoms with E-state index in [1.54, 1.807) is 24.3 Å². The van der Waals surface area contributed by atoms with Crippen LogP contribution in [0.25, 0.3) is 11.0 Å². The number of fused-ring (bicyclic) bond motifs is 2. The van der Waals surface area contributed by atoms with E-state index in [0.29, 0.717) is 17.1 Å². The fourth-order valence-corrected chi connectivity index (χ4v) is 3.87. The van der Waals surface area contributed by atoms with Crippen molar-refractivity contribution in [2.75, 3.05) is 5.32 Å². The molecular weight excluding hydrogens is 406 g/mol. The second-order valence-electron chi connectivity index (χ2n) is 8.17. The number of nitrogens with one attached hydrogen (secondary N) is 4. The molecule has 1 aliphatic heterocycles. The molecule has 32 heavy (non-hydrogen) atoms. The summed E-state index contributed by atoms with van der Waals surface area (Å²) in [5.41, 5.74) is 2.66. The zero-order valence-electron chi connectivity index (χ0n) is 18.1. The lowest BCUT2D eigenvalue weighted by molar-refractivity contribution is -0.123. The number of carbonyl (C=O) groups is 3. The Hall–Kier alpha value is -3.68. The van der Waals surface area contributed by atoms with Crippen LogP contribution in [0.4, 0.5) is 5.69 Å². The zero-order chi connectivity index (χ0) is 22.7. The summed E-state index contributed by atoms with van der Waals surface area (Å²) in [6, 6.07) is 13.5. The number of H-pyrrole nitrogens is 1. The molecule has 4 N–H and O–H groups in total. The minimum Gasteiger partial charge on any atom is -0.346 e. The Morgan fingerprint density at radius 2 is 1.88 bits per heavy atom. The van der Waals surface area contributed by atoms with E-state index in [1.807, 2.05) is 24.3 Å². The molecule has 0 aliphatic carbocycles. The van der Waals surface area contributed by atoms with Crippen molar-refractivity contribution in [3.63, 3.8) is 0 Å². The van der Waals surface area contributed by atoms with Gasteiger partial charge in [-0.25, -0.2) is 4.98 Å². The van der Waals surface area contributed by atoms with Gasteiger partial charge in [0.15, 0.2) is 0 Å². The Morgan fingerprint density at radius 3 is 2.66 bits per heavy atom.